The van der Waals surface area contributed by atoms with E-state index in [2.05, 4.69) is 15.3 Å². The van der Waals surface area contributed by atoms with Gasteiger partial charge in [0, 0.05) is 18.9 Å². The van der Waals surface area contributed by atoms with E-state index in [9.17, 15) is 0 Å². The van der Waals surface area contributed by atoms with Crippen LogP contribution >= 0.6 is 24.0 Å². The van der Waals surface area contributed by atoms with Crippen LogP contribution in [-0.2, 0) is 13.0 Å². The van der Waals surface area contributed by atoms with Crippen LogP contribution in [0.1, 0.15) is 11.1 Å². The van der Waals surface area contributed by atoms with Crippen LogP contribution < -0.4 is 20.5 Å². The summed E-state index contributed by atoms with van der Waals surface area (Å²) in [5, 5.41) is 3.10. The first-order valence-electron chi connectivity index (χ1n) is 7.36. The molecule has 2 rings (SSSR count). The lowest BCUT2D eigenvalue weighted by molar-refractivity contribution is 0.354. The number of ether oxygens (including phenoxy) is 2. The van der Waals surface area contributed by atoms with Gasteiger partial charge in [-0.1, -0.05) is 12.1 Å². The molecule has 0 saturated heterocycles. The molecule has 2 aromatic rings. The minimum atomic E-state index is 0. The normalized spacial score (nSPS) is 10.7. The van der Waals surface area contributed by atoms with Crippen LogP contribution in [0.2, 0.25) is 0 Å². The van der Waals surface area contributed by atoms with Crippen molar-refractivity contribution in [1.82, 2.24) is 10.3 Å². The Morgan fingerprint density at radius 3 is 2.62 bits per heavy atom. The smallest absolute Gasteiger partial charge is 0.188 e. The third-order valence-electron chi connectivity index (χ3n) is 3.32. The number of benzene rings is 1. The molecule has 0 spiro atoms. The molecule has 1 aromatic carbocycles. The van der Waals surface area contributed by atoms with Gasteiger partial charge in [0.2, 0.25) is 0 Å². The molecule has 1 heterocycles. The van der Waals surface area contributed by atoms with Gasteiger partial charge >= 0.3 is 0 Å². The standard InChI is InChI=1S/C17H22N4O2.HI/c1-22-15-6-5-13(10-16(15)23-2)7-9-20-17(18)21-12-14-4-3-8-19-11-14;/h3-6,8,10-11H,7,9,12H2,1-2H3,(H3,18,20,21);1H. The number of nitrogens with two attached hydrogens (primary N) is 1. The van der Waals surface area contributed by atoms with Gasteiger partial charge in [-0.2, -0.15) is 0 Å². The van der Waals surface area contributed by atoms with Crippen molar-refractivity contribution in [2.75, 3.05) is 20.8 Å². The fourth-order valence-electron chi connectivity index (χ4n) is 2.10. The van der Waals surface area contributed by atoms with Gasteiger partial charge in [-0.05, 0) is 35.7 Å². The van der Waals surface area contributed by atoms with Crippen LogP contribution in [0.4, 0.5) is 0 Å². The second-order valence-corrected chi connectivity index (χ2v) is 4.93. The summed E-state index contributed by atoms with van der Waals surface area (Å²) >= 11 is 0. The summed E-state index contributed by atoms with van der Waals surface area (Å²) in [6, 6.07) is 9.71. The Kier molecular flexibility index (Phi) is 8.92. The van der Waals surface area contributed by atoms with E-state index in [-0.39, 0.29) is 24.0 Å². The first-order valence-corrected chi connectivity index (χ1v) is 7.36. The highest BCUT2D eigenvalue weighted by Crippen LogP contribution is 2.27. The lowest BCUT2D eigenvalue weighted by atomic mass is 10.1. The number of methoxy groups -OCH3 is 2. The average Bonchev–Trinajstić information content (AvgIpc) is 2.60. The van der Waals surface area contributed by atoms with E-state index in [4.69, 9.17) is 15.2 Å². The fraction of sp³-hybridized carbons (Fsp3) is 0.294. The van der Waals surface area contributed by atoms with Crippen LogP contribution in [0.3, 0.4) is 0 Å². The minimum absolute atomic E-state index is 0. The van der Waals surface area contributed by atoms with Crippen LogP contribution in [0.5, 0.6) is 11.5 Å². The summed E-state index contributed by atoms with van der Waals surface area (Å²) < 4.78 is 10.5. The number of aliphatic imine (C=N–C) groups is 1. The van der Waals surface area contributed by atoms with Gasteiger partial charge in [0.15, 0.2) is 17.5 Å². The monoisotopic (exact) mass is 442 g/mol. The largest absolute Gasteiger partial charge is 0.493 e. The molecule has 0 radical (unpaired) electrons. The topological polar surface area (TPSA) is 81.8 Å². The maximum Gasteiger partial charge on any atom is 0.188 e. The van der Waals surface area contributed by atoms with E-state index < -0.39 is 0 Å². The molecule has 3 N–H and O–H groups in total. The van der Waals surface area contributed by atoms with E-state index >= 15 is 0 Å². The van der Waals surface area contributed by atoms with Gasteiger partial charge in [0.1, 0.15) is 0 Å². The second-order valence-electron chi connectivity index (χ2n) is 4.93. The number of nitrogens with one attached hydrogen (secondary N) is 1. The van der Waals surface area contributed by atoms with Crippen molar-refractivity contribution in [3.63, 3.8) is 0 Å². The summed E-state index contributed by atoms with van der Waals surface area (Å²) in [5.74, 6) is 1.87. The Morgan fingerprint density at radius 2 is 1.96 bits per heavy atom. The number of nitrogens with zero attached hydrogens (tertiary/aromatic N) is 2. The molecule has 130 valence electrons. The maximum atomic E-state index is 5.86. The lowest BCUT2D eigenvalue weighted by Gasteiger charge is -2.10. The van der Waals surface area contributed by atoms with E-state index in [1.807, 2.05) is 30.3 Å². The third-order valence-corrected chi connectivity index (χ3v) is 3.32. The Morgan fingerprint density at radius 1 is 1.17 bits per heavy atom. The molecule has 0 unspecified atom stereocenters. The molecular weight excluding hydrogens is 419 g/mol. The van der Waals surface area contributed by atoms with Crippen molar-refractivity contribution in [3.05, 3.63) is 53.9 Å². The Bertz CT molecular complexity index is 650. The Hall–Kier alpha value is -2.03. The molecule has 6 nitrogen and oxygen atoms in total. The fourth-order valence-corrected chi connectivity index (χ4v) is 2.10. The molecule has 1 aromatic heterocycles. The van der Waals surface area contributed by atoms with Crippen LogP contribution in [0.15, 0.2) is 47.7 Å². The van der Waals surface area contributed by atoms with Gasteiger partial charge in [-0.15, -0.1) is 24.0 Å². The predicted molar refractivity (Wildman–Crippen MR) is 106 cm³/mol. The molecule has 0 aliphatic rings. The van der Waals surface area contributed by atoms with Gasteiger partial charge < -0.3 is 20.5 Å². The SMILES string of the molecule is COc1ccc(CCNC(N)=NCc2cccnc2)cc1OC.I. The molecule has 0 aliphatic heterocycles. The van der Waals surface area contributed by atoms with Crippen LogP contribution in [-0.4, -0.2) is 31.7 Å². The van der Waals surface area contributed by atoms with Crippen LogP contribution in [0.25, 0.3) is 0 Å². The minimum Gasteiger partial charge on any atom is -0.493 e. The van der Waals surface area contributed by atoms with Gasteiger partial charge in [-0.3, -0.25) is 4.98 Å². The predicted octanol–water partition coefficient (Wildman–Crippen LogP) is 2.36. The Labute approximate surface area is 159 Å². The van der Waals surface area contributed by atoms with Crippen LogP contribution in [0, 0.1) is 0 Å². The summed E-state index contributed by atoms with van der Waals surface area (Å²) in [6.07, 6.45) is 4.32. The molecule has 0 amide bonds. The summed E-state index contributed by atoms with van der Waals surface area (Å²) in [7, 11) is 3.25. The van der Waals surface area contributed by atoms with Crippen molar-refractivity contribution >= 4 is 29.9 Å². The quantitative estimate of drug-likeness (QED) is 0.391. The molecule has 0 aliphatic carbocycles. The molecule has 0 saturated carbocycles. The average molecular weight is 442 g/mol. The van der Waals surface area contributed by atoms with E-state index in [0.717, 1.165) is 29.0 Å². The number of hydrogen-bond donors (Lipinski definition) is 2. The third kappa shape index (κ3) is 6.23. The van der Waals surface area contributed by atoms with Crippen molar-refractivity contribution in [2.24, 2.45) is 10.7 Å². The van der Waals surface area contributed by atoms with E-state index in [1.165, 1.54) is 0 Å². The lowest BCUT2D eigenvalue weighted by Crippen LogP contribution is -2.33. The highest BCUT2D eigenvalue weighted by molar-refractivity contribution is 14.0. The number of aromatic nitrogens is 1. The first kappa shape index (κ1) is 20.0. The van der Waals surface area contributed by atoms with Crippen molar-refractivity contribution in [1.29, 1.82) is 0 Å². The number of halogens is 1. The number of pyridine rings is 1. The highest BCUT2D eigenvalue weighted by atomic mass is 127. The van der Waals surface area contributed by atoms with Gasteiger partial charge in [-0.25, -0.2) is 4.99 Å². The zero-order valence-corrected chi connectivity index (χ0v) is 16.2. The van der Waals surface area contributed by atoms with E-state index in [1.54, 1.807) is 26.6 Å². The molecule has 0 bridgehead atoms. The second kappa shape index (κ2) is 10.7. The summed E-state index contributed by atoms with van der Waals surface area (Å²) in [5.41, 5.74) is 8.02. The van der Waals surface area contributed by atoms with Gasteiger partial charge in [0.25, 0.3) is 0 Å². The van der Waals surface area contributed by atoms with Crippen molar-refractivity contribution in [2.45, 2.75) is 13.0 Å². The van der Waals surface area contributed by atoms with Crippen molar-refractivity contribution in [3.8, 4) is 11.5 Å². The first-order chi connectivity index (χ1) is 11.2. The molecule has 0 fully saturated rings. The Balaban J connectivity index is 0.00000288. The number of guanidine groups is 1. The summed E-state index contributed by atoms with van der Waals surface area (Å²) in [4.78, 5) is 8.33. The zero-order valence-electron chi connectivity index (χ0n) is 13.9. The summed E-state index contributed by atoms with van der Waals surface area (Å²) in [6.45, 7) is 1.21. The number of rotatable bonds is 7. The maximum absolute atomic E-state index is 5.86. The molecular formula is C17H23IN4O2. The number of hydrogen-bond acceptors (Lipinski definition) is 4. The zero-order chi connectivity index (χ0) is 16.5. The molecule has 7 heteroatoms. The molecule has 24 heavy (non-hydrogen) atoms. The molecule has 0 atom stereocenters. The highest BCUT2D eigenvalue weighted by Gasteiger charge is 2.04. The van der Waals surface area contributed by atoms with E-state index in [0.29, 0.717) is 19.0 Å². The van der Waals surface area contributed by atoms with Crippen molar-refractivity contribution < 1.29 is 9.47 Å². The van der Waals surface area contributed by atoms with Gasteiger partial charge in [0.05, 0.1) is 20.8 Å².